The van der Waals surface area contributed by atoms with Crippen LogP contribution in [0.1, 0.15) is 19.8 Å². The summed E-state index contributed by atoms with van der Waals surface area (Å²) in [7, 11) is 0. The second-order valence-electron chi connectivity index (χ2n) is 4.52. The third-order valence-corrected chi connectivity index (χ3v) is 12.9. The molecule has 17 heavy (non-hydrogen) atoms. The minimum atomic E-state index is -1.75. The molecular weight excluding hydrogens is 311 g/mol. The van der Waals surface area contributed by atoms with E-state index in [1.807, 2.05) is 0 Å². The molecule has 0 aliphatic rings. The van der Waals surface area contributed by atoms with Gasteiger partial charge in [-0.05, 0) is 0 Å². The predicted molar refractivity (Wildman–Crippen MR) is 79.0 cm³/mol. The van der Waals surface area contributed by atoms with E-state index in [0.717, 1.165) is 0 Å². The average molecular weight is 331 g/mol. The van der Waals surface area contributed by atoms with Gasteiger partial charge in [0.25, 0.3) is 0 Å². The first-order valence-corrected chi connectivity index (χ1v) is 12.1. The summed E-state index contributed by atoms with van der Waals surface area (Å²) >= 11 is -1.75. The van der Waals surface area contributed by atoms with Crippen LogP contribution in [0.5, 0.6) is 0 Å². The third kappa shape index (κ3) is 3.60. The quantitative estimate of drug-likeness (QED) is 0.739. The number of hydrogen-bond acceptors (Lipinski definition) is 0. The molecule has 2 rings (SSSR count). The van der Waals surface area contributed by atoms with Crippen LogP contribution in [0.3, 0.4) is 0 Å². The molecule has 0 heterocycles. The summed E-state index contributed by atoms with van der Waals surface area (Å²) in [6, 6.07) is 22.3. The number of unbranched alkanes of at least 4 members (excludes halogenated alkanes) is 1. The molecule has 88 valence electrons. The Morgan fingerprint density at radius 1 is 0.765 bits per heavy atom. The van der Waals surface area contributed by atoms with Crippen LogP contribution in [-0.4, -0.2) is 19.8 Å². The number of hydrogen-bond donors (Lipinski definition) is 0. The average Bonchev–Trinajstić information content (AvgIpc) is 2.42. The monoisotopic (exact) mass is 332 g/mol. The third-order valence-electron chi connectivity index (χ3n) is 3.25. The van der Waals surface area contributed by atoms with Crippen molar-refractivity contribution in [2.75, 3.05) is 0 Å². The maximum absolute atomic E-state index is 2.34. The van der Waals surface area contributed by atoms with Gasteiger partial charge in [0.05, 0.1) is 0 Å². The van der Waals surface area contributed by atoms with Crippen molar-refractivity contribution in [2.45, 2.75) is 24.2 Å². The molecule has 0 radical (unpaired) electrons. The van der Waals surface area contributed by atoms with Crippen LogP contribution in [0, 0.1) is 0 Å². The molecule has 0 saturated carbocycles. The molecule has 0 fully saturated rings. The van der Waals surface area contributed by atoms with E-state index in [4.69, 9.17) is 0 Å². The Bertz CT molecular complexity index is 382. The van der Waals surface area contributed by atoms with Gasteiger partial charge in [0.15, 0.2) is 0 Å². The van der Waals surface area contributed by atoms with E-state index in [2.05, 4.69) is 67.6 Å². The standard InChI is InChI=1S/2C6H5.C4H9.Sn.H/c2*1-2-4-6-5-3-1;1-3-4-2;;/h2*1-5H;1,3-4H2,2H3;;. The van der Waals surface area contributed by atoms with E-state index in [-0.39, 0.29) is 0 Å². The summed E-state index contributed by atoms with van der Waals surface area (Å²) in [6.45, 7) is 2.29. The second kappa shape index (κ2) is 6.85. The Labute approximate surface area is 111 Å². The number of rotatable bonds is 5. The summed E-state index contributed by atoms with van der Waals surface area (Å²) in [5, 5.41) is 0. The topological polar surface area (TPSA) is 0 Å². The van der Waals surface area contributed by atoms with Crippen molar-refractivity contribution in [1.82, 2.24) is 0 Å². The normalized spacial score (nSPS) is 10.7. The predicted octanol–water partition coefficient (Wildman–Crippen LogP) is 2.83. The zero-order valence-electron chi connectivity index (χ0n) is 10.5. The Morgan fingerprint density at radius 2 is 1.24 bits per heavy atom. The van der Waals surface area contributed by atoms with Crippen LogP contribution >= 0.6 is 0 Å². The minimum absolute atomic E-state index is 1.31. The first kappa shape index (κ1) is 12.7. The van der Waals surface area contributed by atoms with Crippen LogP contribution in [0.15, 0.2) is 60.7 Å². The van der Waals surface area contributed by atoms with E-state index in [1.54, 1.807) is 7.16 Å². The van der Waals surface area contributed by atoms with Crippen LogP contribution in [0.2, 0.25) is 4.44 Å². The molecule has 0 amide bonds. The molecule has 0 aromatic heterocycles. The van der Waals surface area contributed by atoms with Gasteiger partial charge in [-0.2, -0.15) is 0 Å². The fraction of sp³-hybridized carbons (Fsp3) is 0.250. The van der Waals surface area contributed by atoms with Crippen molar-refractivity contribution in [2.24, 2.45) is 0 Å². The van der Waals surface area contributed by atoms with Crippen LogP contribution in [-0.2, 0) is 0 Å². The fourth-order valence-corrected chi connectivity index (χ4v) is 11.6. The Hall–Kier alpha value is -0.761. The Morgan fingerprint density at radius 3 is 1.65 bits per heavy atom. The Balaban J connectivity index is 2.26. The summed E-state index contributed by atoms with van der Waals surface area (Å²) in [4.78, 5) is 0. The van der Waals surface area contributed by atoms with Crippen molar-refractivity contribution in [3.63, 3.8) is 0 Å². The molecule has 0 aliphatic carbocycles. The van der Waals surface area contributed by atoms with Crippen molar-refractivity contribution in [1.29, 1.82) is 0 Å². The Kier molecular flexibility index (Phi) is 5.11. The van der Waals surface area contributed by atoms with E-state index >= 15 is 0 Å². The summed E-state index contributed by atoms with van der Waals surface area (Å²) in [5.41, 5.74) is 0. The van der Waals surface area contributed by atoms with Crippen molar-refractivity contribution >= 4 is 26.9 Å². The fourth-order valence-electron chi connectivity index (χ4n) is 2.30. The zero-order chi connectivity index (χ0) is 11.9. The molecule has 0 spiro atoms. The molecule has 2 aromatic rings. The molecule has 0 atom stereocenters. The van der Waals surface area contributed by atoms with E-state index < -0.39 is 19.8 Å². The summed E-state index contributed by atoms with van der Waals surface area (Å²) < 4.78 is 4.74. The van der Waals surface area contributed by atoms with E-state index in [9.17, 15) is 0 Å². The zero-order valence-corrected chi connectivity index (χ0v) is 13.8. The van der Waals surface area contributed by atoms with Gasteiger partial charge < -0.3 is 0 Å². The molecule has 0 unspecified atom stereocenters. The van der Waals surface area contributed by atoms with Gasteiger partial charge in [0.2, 0.25) is 0 Å². The van der Waals surface area contributed by atoms with Crippen LogP contribution in [0.25, 0.3) is 0 Å². The molecule has 1 heteroatoms. The number of benzene rings is 2. The van der Waals surface area contributed by atoms with Gasteiger partial charge in [-0.1, -0.05) is 0 Å². The summed E-state index contributed by atoms with van der Waals surface area (Å²) in [5.74, 6) is 0. The van der Waals surface area contributed by atoms with Crippen molar-refractivity contribution in [3.05, 3.63) is 60.7 Å². The van der Waals surface area contributed by atoms with Gasteiger partial charge >= 0.3 is 112 Å². The maximum atomic E-state index is 2.34. The van der Waals surface area contributed by atoms with Gasteiger partial charge in [-0.3, -0.25) is 0 Å². The first-order valence-electron chi connectivity index (χ1n) is 6.51. The molecule has 0 saturated heterocycles. The molecule has 0 nitrogen and oxygen atoms in total. The summed E-state index contributed by atoms with van der Waals surface area (Å²) in [6.07, 6.45) is 2.69. The van der Waals surface area contributed by atoms with E-state index in [1.165, 1.54) is 17.3 Å². The molecule has 0 N–H and O–H groups in total. The van der Waals surface area contributed by atoms with Gasteiger partial charge in [0, 0.05) is 0 Å². The molecule has 2 aromatic carbocycles. The second-order valence-corrected chi connectivity index (χ2v) is 13.1. The van der Waals surface area contributed by atoms with Gasteiger partial charge in [0.1, 0.15) is 0 Å². The van der Waals surface area contributed by atoms with Gasteiger partial charge in [-0.25, -0.2) is 0 Å². The van der Waals surface area contributed by atoms with Crippen LogP contribution < -0.4 is 7.16 Å². The van der Waals surface area contributed by atoms with Crippen molar-refractivity contribution in [3.8, 4) is 0 Å². The van der Waals surface area contributed by atoms with Crippen LogP contribution in [0.4, 0.5) is 0 Å². The van der Waals surface area contributed by atoms with Crippen molar-refractivity contribution < 1.29 is 0 Å². The molecular formula is C16H20Sn. The molecule has 0 aliphatic heterocycles. The SMILES string of the molecule is CCC[CH2][SnH]([c]1ccccc1)[c]1ccccc1. The van der Waals surface area contributed by atoms with E-state index in [0.29, 0.717) is 0 Å². The first-order chi connectivity index (χ1) is 8.42. The van der Waals surface area contributed by atoms with Gasteiger partial charge in [-0.15, -0.1) is 0 Å². The molecule has 0 bridgehead atoms.